The number of hydrogen-bond acceptors (Lipinski definition) is 3. The Morgan fingerprint density at radius 2 is 2.14 bits per heavy atom. The number of piperidine rings is 1. The number of amides is 2. The summed E-state index contributed by atoms with van der Waals surface area (Å²) in [6, 6.07) is 5.66. The van der Waals surface area contributed by atoms with Crippen LogP contribution in [0.3, 0.4) is 0 Å². The van der Waals surface area contributed by atoms with Gasteiger partial charge in [0.25, 0.3) is 5.91 Å². The van der Waals surface area contributed by atoms with E-state index in [-0.39, 0.29) is 18.4 Å². The van der Waals surface area contributed by atoms with E-state index in [1.807, 2.05) is 17.9 Å². The fourth-order valence-corrected chi connectivity index (χ4v) is 2.70. The Kier molecular flexibility index (Phi) is 4.96. The molecule has 0 spiro atoms. The maximum absolute atomic E-state index is 12.6. The fraction of sp³-hybridized carbons (Fsp3) is 0.500. The van der Waals surface area contributed by atoms with Crippen LogP contribution >= 0.6 is 0 Å². The molecule has 114 valence electrons. The summed E-state index contributed by atoms with van der Waals surface area (Å²) in [6.45, 7) is 4.75. The molecule has 0 aromatic heterocycles. The number of anilines is 1. The molecule has 5 heteroatoms. The second kappa shape index (κ2) is 6.72. The Bertz CT molecular complexity index is 542. The van der Waals surface area contributed by atoms with Gasteiger partial charge < -0.3 is 16.0 Å². The number of nitrogens with one attached hydrogen (secondary N) is 1. The van der Waals surface area contributed by atoms with Crippen molar-refractivity contribution >= 4 is 17.5 Å². The maximum Gasteiger partial charge on any atom is 0.254 e. The number of likely N-dealkylation sites (tertiary alicyclic amines) is 1. The Labute approximate surface area is 125 Å². The normalized spacial score (nSPS) is 18.4. The Morgan fingerprint density at radius 1 is 1.38 bits per heavy atom. The molecule has 2 rings (SSSR count). The molecule has 1 atom stereocenters. The molecule has 1 heterocycles. The highest BCUT2D eigenvalue weighted by Gasteiger charge is 2.24. The minimum Gasteiger partial charge on any atom is -0.336 e. The number of nitrogens with zero attached hydrogens (tertiary/aromatic N) is 1. The summed E-state index contributed by atoms with van der Waals surface area (Å²) in [5.74, 6) is -0.163. The Morgan fingerprint density at radius 3 is 2.76 bits per heavy atom. The first-order valence-electron chi connectivity index (χ1n) is 7.44. The van der Waals surface area contributed by atoms with Crippen molar-refractivity contribution in [3.63, 3.8) is 0 Å². The highest BCUT2D eigenvalue weighted by molar-refractivity contribution is 5.97. The summed E-state index contributed by atoms with van der Waals surface area (Å²) >= 11 is 0. The minimum absolute atomic E-state index is 0.0502. The van der Waals surface area contributed by atoms with Gasteiger partial charge in [0.05, 0.1) is 6.54 Å². The molecule has 1 aromatic carbocycles. The average Bonchev–Trinajstić information content (AvgIpc) is 2.49. The van der Waals surface area contributed by atoms with Crippen LogP contribution in [0.1, 0.15) is 42.1 Å². The lowest BCUT2D eigenvalue weighted by Gasteiger charge is -2.33. The summed E-state index contributed by atoms with van der Waals surface area (Å²) in [7, 11) is 0. The standard InChI is InChI=1S/C16H23N3O2/c1-11-9-13(6-7-14(11)18-15(20)10-17)16(21)19-8-4-3-5-12(19)2/h6-7,9,12H,3-5,8,10,17H2,1-2H3,(H,18,20). The molecule has 3 N–H and O–H groups in total. The van der Waals surface area contributed by atoms with Crippen LogP contribution in [0.25, 0.3) is 0 Å². The number of rotatable bonds is 3. The third-order valence-electron chi connectivity index (χ3n) is 4.00. The van der Waals surface area contributed by atoms with Crippen LogP contribution in [0.5, 0.6) is 0 Å². The van der Waals surface area contributed by atoms with E-state index < -0.39 is 0 Å². The molecule has 5 nitrogen and oxygen atoms in total. The zero-order chi connectivity index (χ0) is 15.4. The fourth-order valence-electron chi connectivity index (χ4n) is 2.70. The number of nitrogens with two attached hydrogens (primary N) is 1. The Balaban J connectivity index is 2.15. The summed E-state index contributed by atoms with van der Waals surface area (Å²) in [6.07, 6.45) is 3.32. The molecular formula is C16H23N3O2. The molecule has 0 radical (unpaired) electrons. The molecule has 0 aliphatic carbocycles. The van der Waals surface area contributed by atoms with E-state index in [2.05, 4.69) is 12.2 Å². The summed E-state index contributed by atoms with van der Waals surface area (Å²) in [4.78, 5) is 25.8. The number of benzene rings is 1. The first kappa shape index (κ1) is 15.5. The highest BCUT2D eigenvalue weighted by Crippen LogP contribution is 2.22. The van der Waals surface area contributed by atoms with Gasteiger partial charge in [0, 0.05) is 23.8 Å². The largest absolute Gasteiger partial charge is 0.336 e. The van der Waals surface area contributed by atoms with E-state index >= 15 is 0 Å². The molecule has 1 aliphatic heterocycles. The van der Waals surface area contributed by atoms with E-state index in [1.54, 1.807) is 12.1 Å². The Hall–Kier alpha value is -1.88. The van der Waals surface area contributed by atoms with Crippen LogP contribution in [-0.4, -0.2) is 35.8 Å². The zero-order valence-electron chi connectivity index (χ0n) is 12.7. The second-order valence-electron chi connectivity index (χ2n) is 5.63. The predicted molar refractivity (Wildman–Crippen MR) is 83.2 cm³/mol. The van der Waals surface area contributed by atoms with Crippen molar-refractivity contribution in [1.82, 2.24) is 4.90 Å². The summed E-state index contributed by atoms with van der Waals surface area (Å²) in [5, 5.41) is 2.73. The third kappa shape index (κ3) is 3.61. The van der Waals surface area contributed by atoms with Crippen LogP contribution in [-0.2, 0) is 4.79 Å². The maximum atomic E-state index is 12.6. The summed E-state index contributed by atoms with van der Waals surface area (Å²) in [5.41, 5.74) is 7.53. The molecule has 1 saturated heterocycles. The van der Waals surface area contributed by atoms with E-state index in [9.17, 15) is 9.59 Å². The van der Waals surface area contributed by atoms with E-state index in [0.717, 1.165) is 24.9 Å². The molecule has 1 fully saturated rings. The van der Waals surface area contributed by atoms with Gasteiger partial charge >= 0.3 is 0 Å². The number of carbonyl (C=O) groups is 2. The monoisotopic (exact) mass is 289 g/mol. The minimum atomic E-state index is -0.234. The number of carbonyl (C=O) groups excluding carboxylic acids is 2. The van der Waals surface area contributed by atoms with Crippen molar-refractivity contribution < 1.29 is 9.59 Å². The smallest absolute Gasteiger partial charge is 0.254 e. The van der Waals surface area contributed by atoms with Gasteiger partial charge in [-0.3, -0.25) is 9.59 Å². The molecule has 1 unspecified atom stereocenters. The van der Waals surface area contributed by atoms with Crippen molar-refractivity contribution in [2.45, 2.75) is 39.2 Å². The van der Waals surface area contributed by atoms with Gasteiger partial charge in [0.15, 0.2) is 0 Å². The van der Waals surface area contributed by atoms with Crippen molar-refractivity contribution in [2.24, 2.45) is 5.73 Å². The number of hydrogen-bond donors (Lipinski definition) is 2. The molecular weight excluding hydrogens is 266 g/mol. The first-order chi connectivity index (χ1) is 10.0. The van der Waals surface area contributed by atoms with Crippen molar-refractivity contribution in [1.29, 1.82) is 0 Å². The lowest BCUT2D eigenvalue weighted by Crippen LogP contribution is -2.42. The van der Waals surface area contributed by atoms with Gasteiger partial charge in [-0.1, -0.05) is 0 Å². The number of aryl methyl sites for hydroxylation is 1. The molecule has 21 heavy (non-hydrogen) atoms. The van der Waals surface area contributed by atoms with E-state index in [1.165, 1.54) is 6.42 Å². The quantitative estimate of drug-likeness (QED) is 0.892. The van der Waals surface area contributed by atoms with Crippen molar-refractivity contribution in [2.75, 3.05) is 18.4 Å². The molecule has 2 amide bonds. The second-order valence-corrected chi connectivity index (χ2v) is 5.63. The van der Waals surface area contributed by atoms with Gasteiger partial charge in [-0.2, -0.15) is 0 Å². The van der Waals surface area contributed by atoms with E-state index in [0.29, 0.717) is 17.3 Å². The van der Waals surface area contributed by atoms with Crippen LogP contribution in [0.2, 0.25) is 0 Å². The summed E-state index contributed by atoms with van der Waals surface area (Å²) < 4.78 is 0. The van der Waals surface area contributed by atoms with Gasteiger partial charge in [0.1, 0.15) is 0 Å². The van der Waals surface area contributed by atoms with E-state index in [4.69, 9.17) is 5.73 Å². The van der Waals surface area contributed by atoms with Crippen LogP contribution < -0.4 is 11.1 Å². The predicted octanol–water partition coefficient (Wildman–Crippen LogP) is 1.91. The molecule has 1 aromatic rings. The van der Waals surface area contributed by atoms with Gasteiger partial charge in [-0.15, -0.1) is 0 Å². The van der Waals surface area contributed by atoms with Gasteiger partial charge in [0.2, 0.25) is 5.91 Å². The molecule has 0 bridgehead atoms. The van der Waals surface area contributed by atoms with Crippen molar-refractivity contribution in [3.8, 4) is 0 Å². The lowest BCUT2D eigenvalue weighted by molar-refractivity contribution is -0.114. The zero-order valence-corrected chi connectivity index (χ0v) is 12.7. The van der Waals surface area contributed by atoms with Crippen LogP contribution in [0.15, 0.2) is 18.2 Å². The van der Waals surface area contributed by atoms with Gasteiger partial charge in [-0.25, -0.2) is 0 Å². The SMILES string of the molecule is Cc1cc(C(=O)N2CCCCC2C)ccc1NC(=O)CN. The third-order valence-corrected chi connectivity index (χ3v) is 4.00. The molecule has 1 aliphatic rings. The molecule has 0 saturated carbocycles. The average molecular weight is 289 g/mol. The van der Waals surface area contributed by atoms with Crippen LogP contribution in [0.4, 0.5) is 5.69 Å². The lowest BCUT2D eigenvalue weighted by atomic mass is 10.0. The van der Waals surface area contributed by atoms with Crippen LogP contribution in [0, 0.1) is 6.92 Å². The highest BCUT2D eigenvalue weighted by atomic mass is 16.2. The van der Waals surface area contributed by atoms with Crippen molar-refractivity contribution in [3.05, 3.63) is 29.3 Å². The first-order valence-corrected chi connectivity index (χ1v) is 7.44. The topological polar surface area (TPSA) is 75.4 Å². The van der Waals surface area contributed by atoms with Gasteiger partial charge in [-0.05, 0) is 56.9 Å².